The summed E-state index contributed by atoms with van der Waals surface area (Å²) < 4.78 is 57.2. The number of hydrogen-bond acceptors (Lipinski definition) is 8. The molecule has 0 N–H and O–H groups in total. The minimum Gasteiger partial charge on any atom is -0.444 e. The number of anilines is 1. The van der Waals surface area contributed by atoms with Crippen LogP contribution in [0.25, 0.3) is 0 Å². The maximum Gasteiger partial charge on any atom is 0.416 e. The van der Waals surface area contributed by atoms with Gasteiger partial charge in [-0.05, 0) is 101 Å². The first-order valence-electron chi connectivity index (χ1n) is 18.9. The van der Waals surface area contributed by atoms with Gasteiger partial charge in [0.2, 0.25) is 0 Å². The van der Waals surface area contributed by atoms with Crippen molar-refractivity contribution in [1.82, 2.24) is 29.5 Å². The normalized spacial score (nSPS) is 21.9. The molecular weight excluding hydrogens is 699 g/mol. The van der Waals surface area contributed by atoms with Gasteiger partial charge in [0.1, 0.15) is 17.8 Å². The lowest BCUT2D eigenvalue weighted by atomic mass is 9.75. The molecule has 0 spiro atoms. The van der Waals surface area contributed by atoms with Gasteiger partial charge in [-0.3, -0.25) is 14.6 Å². The van der Waals surface area contributed by atoms with E-state index in [0.29, 0.717) is 56.4 Å². The lowest BCUT2D eigenvalue weighted by Gasteiger charge is -2.49. The molecule has 0 bridgehead atoms. The number of nitrogens with zero attached hydrogens (tertiary/aromatic N) is 7. The first-order valence-corrected chi connectivity index (χ1v) is 18.9. The lowest BCUT2D eigenvalue weighted by molar-refractivity contribution is -0.138. The average molecular weight is 752 g/mol. The van der Waals surface area contributed by atoms with Gasteiger partial charge in [-0.25, -0.2) is 4.79 Å². The van der Waals surface area contributed by atoms with Crippen LogP contribution in [0.2, 0.25) is 0 Å². The van der Waals surface area contributed by atoms with Gasteiger partial charge in [0, 0.05) is 74.9 Å². The number of aromatic nitrogens is 3. The number of carbonyl (C=O) groups excluding carboxylic acids is 2. The van der Waals surface area contributed by atoms with Crippen LogP contribution in [0.3, 0.4) is 0 Å². The highest BCUT2D eigenvalue weighted by Gasteiger charge is 2.44. The Bertz CT molecular complexity index is 1880. The van der Waals surface area contributed by atoms with Gasteiger partial charge in [-0.2, -0.15) is 13.2 Å². The molecule has 14 heteroatoms. The van der Waals surface area contributed by atoms with Crippen LogP contribution in [-0.4, -0.2) is 105 Å². The maximum absolute atomic E-state index is 14.7. The van der Waals surface area contributed by atoms with E-state index in [-0.39, 0.29) is 34.7 Å². The Morgan fingerprint density at radius 2 is 1.85 bits per heavy atom. The van der Waals surface area contributed by atoms with Crippen LogP contribution >= 0.6 is 0 Å². The summed E-state index contributed by atoms with van der Waals surface area (Å²) in [6.45, 7) is 15.2. The van der Waals surface area contributed by atoms with Crippen molar-refractivity contribution in [3.8, 4) is 0 Å². The van der Waals surface area contributed by atoms with Gasteiger partial charge in [-0.15, -0.1) is 10.2 Å². The van der Waals surface area contributed by atoms with E-state index in [1.54, 1.807) is 23.4 Å². The zero-order chi connectivity index (χ0) is 38.6. The molecule has 0 saturated carbocycles. The molecule has 2 amide bonds. The van der Waals surface area contributed by atoms with Crippen molar-refractivity contribution < 1.29 is 32.2 Å². The van der Waals surface area contributed by atoms with Crippen molar-refractivity contribution in [3.63, 3.8) is 0 Å². The summed E-state index contributed by atoms with van der Waals surface area (Å²) in [5.41, 5.74) is 0.203. The minimum atomic E-state index is -4.61. The van der Waals surface area contributed by atoms with Crippen LogP contribution in [0, 0.1) is 5.92 Å². The number of benzene rings is 2. The standard InChI is InChI=1S/C40H52F3N7O4/c1-37(2,3)54-36(52)48-13-14-49(38(4,5)23-48)21-27-9-8-12-47(19-27)20-28-15-31-32(33(16-28)40(41,42)43)22-50(35(31)51)30-11-7-10-29(17-30)39(24-53-25-39)18-34-45-44-26-46(34)6/h7,10-11,15-17,26-27H,8-9,12-14,18-25H2,1-6H3. The maximum atomic E-state index is 14.7. The summed E-state index contributed by atoms with van der Waals surface area (Å²) in [6.07, 6.45) is -0.716. The summed E-state index contributed by atoms with van der Waals surface area (Å²) in [7, 11) is 1.88. The molecule has 292 valence electrons. The van der Waals surface area contributed by atoms with Crippen molar-refractivity contribution in [2.45, 2.75) is 89.7 Å². The molecule has 7 rings (SSSR count). The van der Waals surface area contributed by atoms with E-state index in [9.17, 15) is 22.8 Å². The SMILES string of the molecule is Cn1cnnc1CC1(c2cccc(N3Cc4c(cc(CN5CCCC(CN6CCN(C(=O)OC(C)(C)C)CC6(C)C)C5)cc4C(F)(F)F)C3=O)c2)COC1. The Labute approximate surface area is 315 Å². The fourth-order valence-corrected chi connectivity index (χ4v) is 8.54. The average Bonchev–Trinajstić information content (AvgIpc) is 3.63. The van der Waals surface area contributed by atoms with Crippen LogP contribution in [0.15, 0.2) is 42.7 Å². The highest BCUT2D eigenvalue weighted by atomic mass is 19.4. The quantitative estimate of drug-likeness (QED) is 0.275. The molecular formula is C40H52F3N7O4. The number of likely N-dealkylation sites (tertiary alicyclic amines) is 1. The second-order valence-corrected chi connectivity index (χ2v) is 17.3. The first kappa shape index (κ1) is 38.3. The molecule has 1 atom stereocenters. The second-order valence-electron chi connectivity index (χ2n) is 17.3. The third-order valence-electron chi connectivity index (χ3n) is 11.4. The molecule has 0 radical (unpaired) electrons. The molecule has 4 aliphatic rings. The molecule has 0 aliphatic carbocycles. The number of hydrogen-bond donors (Lipinski definition) is 0. The summed E-state index contributed by atoms with van der Waals surface area (Å²) in [4.78, 5) is 34.7. The van der Waals surface area contributed by atoms with Gasteiger partial charge in [0.25, 0.3) is 5.91 Å². The van der Waals surface area contributed by atoms with Crippen LogP contribution < -0.4 is 4.90 Å². The van der Waals surface area contributed by atoms with Gasteiger partial charge in [0.15, 0.2) is 0 Å². The van der Waals surface area contributed by atoms with E-state index >= 15 is 0 Å². The van der Waals surface area contributed by atoms with Crippen molar-refractivity contribution in [2.24, 2.45) is 13.0 Å². The molecule has 2 aromatic carbocycles. The van der Waals surface area contributed by atoms with Gasteiger partial charge < -0.3 is 23.8 Å². The van der Waals surface area contributed by atoms with Gasteiger partial charge in [0.05, 0.1) is 25.3 Å². The number of piperazine rings is 1. The third kappa shape index (κ3) is 7.88. The summed E-state index contributed by atoms with van der Waals surface area (Å²) in [6, 6.07) is 10.4. The smallest absolute Gasteiger partial charge is 0.416 e. The second kappa shape index (κ2) is 14.2. The molecule has 3 saturated heterocycles. The van der Waals surface area contributed by atoms with Crippen LogP contribution in [-0.2, 0) is 47.6 Å². The number of fused-ring (bicyclic) bond motifs is 1. The van der Waals surface area contributed by atoms with Crippen molar-refractivity contribution in [1.29, 1.82) is 0 Å². The van der Waals surface area contributed by atoms with Crippen LogP contribution in [0.1, 0.15) is 85.9 Å². The number of aryl methyl sites for hydroxylation is 1. The molecule has 1 unspecified atom stereocenters. The zero-order valence-electron chi connectivity index (χ0n) is 32.2. The van der Waals surface area contributed by atoms with E-state index in [1.165, 1.54) is 11.0 Å². The topological polar surface area (TPSA) is 96.3 Å². The number of halogens is 3. The fourth-order valence-electron chi connectivity index (χ4n) is 8.54. The Morgan fingerprint density at radius 1 is 1.07 bits per heavy atom. The zero-order valence-corrected chi connectivity index (χ0v) is 32.2. The molecule has 1 aromatic heterocycles. The van der Waals surface area contributed by atoms with Gasteiger partial charge >= 0.3 is 12.3 Å². The molecule has 3 aromatic rings. The molecule has 11 nitrogen and oxygen atoms in total. The van der Waals surface area contributed by atoms with E-state index in [4.69, 9.17) is 9.47 Å². The van der Waals surface area contributed by atoms with Gasteiger partial charge in [-0.1, -0.05) is 12.1 Å². The van der Waals surface area contributed by atoms with E-state index in [2.05, 4.69) is 33.8 Å². The number of piperidine rings is 1. The van der Waals surface area contributed by atoms with Crippen molar-refractivity contribution in [3.05, 3.63) is 76.4 Å². The Kier molecular flexibility index (Phi) is 10.1. The highest BCUT2D eigenvalue weighted by Crippen LogP contribution is 2.42. The van der Waals surface area contributed by atoms with E-state index in [0.717, 1.165) is 50.4 Å². The predicted molar refractivity (Wildman–Crippen MR) is 197 cm³/mol. The molecule has 54 heavy (non-hydrogen) atoms. The predicted octanol–water partition coefficient (Wildman–Crippen LogP) is 6.05. The third-order valence-corrected chi connectivity index (χ3v) is 11.4. The number of rotatable bonds is 8. The van der Waals surface area contributed by atoms with E-state index in [1.807, 2.05) is 50.6 Å². The monoisotopic (exact) mass is 751 g/mol. The van der Waals surface area contributed by atoms with Crippen molar-refractivity contribution >= 4 is 17.7 Å². The first-order chi connectivity index (χ1) is 25.4. The van der Waals surface area contributed by atoms with Crippen LogP contribution in [0.4, 0.5) is 23.7 Å². The fraction of sp³-hybridized carbons (Fsp3) is 0.600. The highest BCUT2D eigenvalue weighted by molar-refractivity contribution is 6.10. The largest absolute Gasteiger partial charge is 0.444 e. The Morgan fingerprint density at radius 3 is 2.50 bits per heavy atom. The Hall–Kier alpha value is -4.01. The molecule has 5 heterocycles. The minimum absolute atomic E-state index is 0.0201. The molecule has 3 fully saturated rings. The lowest BCUT2D eigenvalue weighted by Crippen LogP contribution is -2.62. The van der Waals surface area contributed by atoms with E-state index < -0.39 is 23.2 Å². The number of ether oxygens (including phenoxy) is 2. The number of amides is 2. The number of alkyl halides is 3. The summed E-state index contributed by atoms with van der Waals surface area (Å²) in [5, 5.41) is 8.25. The van der Waals surface area contributed by atoms with Crippen molar-refractivity contribution in [2.75, 3.05) is 57.4 Å². The number of carbonyl (C=O) groups is 2. The molecule has 4 aliphatic heterocycles. The summed E-state index contributed by atoms with van der Waals surface area (Å²) in [5.74, 6) is 0.703. The summed E-state index contributed by atoms with van der Waals surface area (Å²) >= 11 is 0. The van der Waals surface area contributed by atoms with Crippen LogP contribution in [0.5, 0.6) is 0 Å². The Balaban J connectivity index is 1.05.